The molecule has 0 saturated carbocycles. The summed E-state index contributed by atoms with van der Waals surface area (Å²) >= 11 is 16.0. The molecular formula is C19H16BrCl2N3O3. The number of carbonyl (C=O) groups is 1. The fourth-order valence-corrected chi connectivity index (χ4v) is 4.31. The first-order valence-electron chi connectivity index (χ1n) is 8.64. The molecule has 3 aromatic rings. The lowest BCUT2D eigenvalue weighted by Crippen LogP contribution is -2.45. The lowest BCUT2D eigenvalue weighted by atomic mass is 10.1. The van der Waals surface area contributed by atoms with Crippen molar-refractivity contribution in [3.63, 3.8) is 0 Å². The van der Waals surface area contributed by atoms with E-state index in [1.807, 2.05) is 28.8 Å². The Bertz CT molecular complexity index is 1060. The predicted molar refractivity (Wildman–Crippen MR) is 111 cm³/mol. The number of benzene rings is 1. The van der Waals surface area contributed by atoms with Crippen LogP contribution < -0.4 is 0 Å². The largest absolute Gasteiger partial charge is 0.465 e. The van der Waals surface area contributed by atoms with E-state index in [0.717, 1.165) is 21.4 Å². The van der Waals surface area contributed by atoms with E-state index in [1.165, 1.54) is 4.90 Å². The number of halogens is 3. The number of amides is 1. The third-order valence-corrected chi connectivity index (χ3v) is 5.74. The summed E-state index contributed by atoms with van der Waals surface area (Å²) in [6, 6.07) is 9.21. The van der Waals surface area contributed by atoms with E-state index in [2.05, 4.69) is 15.9 Å². The summed E-state index contributed by atoms with van der Waals surface area (Å²) in [5.74, 6) is 0. The molecule has 0 radical (unpaired) electrons. The minimum Gasteiger partial charge on any atom is -0.465 e. The molecular weight excluding hydrogens is 469 g/mol. The van der Waals surface area contributed by atoms with Crippen molar-refractivity contribution in [3.05, 3.63) is 56.7 Å². The molecule has 146 valence electrons. The van der Waals surface area contributed by atoms with Gasteiger partial charge in [-0.2, -0.15) is 0 Å². The molecule has 1 saturated heterocycles. The molecule has 9 heteroatoms. The summed E-state index contributed by atoms with van der Waals surface area (Å²) in [5.41, 5.74) is 3.12. The summed E-state index contributed by atoms with van der Waals surface area (Å²) in [5, 5.41) is 10.5. The minimum atomic E-state index is -0.936. The smallest absolute Gasteiger partial charge is 0.407 e. The van der Waals surface area contributed by atoms with E-state index < -0.39 is 6.09 Å². The Balaban J connectivity index is 1.78. The molecule has 0 bridgehead atoms. The Morgan fingerprint density at radius 1 is 1.32 bits per heavy atom. The van der Waals surface area contributed by atoms with Crippen LogP contribution in [0.1, 0.15) is 5.69 Å². The maximum atomic E-state index is 11.3. The van der Waals surface area contributed by atoms with Gasteiger partial charge < -0.3 is 19.1 Å². The van der Waals surface area contributed by atoms with Gasteiger partial charge in [0, 0.05) is 40.3 Å². The molecule has 3 heterocycles. The van der Waals surface area contributed by atoms with Crippen LogP contribution in [0, 0.1) is 0 Å². The van der Waals surface area contributed by atoms with Crippen LogP contribution in [0.3, 0.4) is 0 Å². The zero-order valence-corrected chi connectivity index (χ0v) is 17.7. The number of morpholine rings is 1. The van der Waals surface area contributed by atoms with Gasteiger partial charge in [0.25, 0.3) is 0 Å². The van der Waals surface area contributed by atoms with Crippen LogP contribution in [0.15, 0.2) is 41.0 Å². The van der Waals surface area contributed by atoms with Gasteiger partial charge in [-0.15, -0.1) is 0 Å². The van der Waals surface area contributed by atoms with Crippen LogP contribution in [-0.4, -0.2) is 51.3 Å². The highest BCUT2D eigenvalue weighted by Crippen LogP contribution is 2.34. The molecule has 1 N–H and O–H groups in total. The summed E-state index contributed by atoms with van der Waals surface area (Å²) in [4.78, 5) is 17.5. The molecule has 2 aromatic heterocycles. The summed E-state index contributed by atoms with van der Waals surface area (Å²) in [6.45, 7) is 1.05. The van der Waals surface area contributed by atoms with Gasteiger partial charge in [0.05, 0.1) is 35.7 Å². The SMILES string of the molecule is O=C(O)N1CCO[C@@H](Cc2c(-c3ccc(Br)cc3Cl)nc3cc(Cl)ccn23)C1. The van der Waals surface area contributed by atoms with Crippen molar-refractivity contribution in [2.24, 2.45) is 0 Å². The molecule has 1 aliphatic rings. The van der Waals surface area contributed by atoms with Gasteiger partial charge in [-0.25, -0.2) is 9.78 Å². The number of hydrogen-bond acceptors (Lipinski definition) is 3. The van der Waals surface area contributed by atoms with E-state index >= 15 is 0 Å². The Morgan fingerprint density at radius 2 is 2.14 bits per heavy atom. The maximum Gasteiger partial charge on any atom is 0.407 e. The van der Waals surface area contributed by atoms with Crippen LogP contribution in [0.2, 0.25) is 10.0 Å². The predicted octanol–water partition coefficient (Wildman–Crippen LogP) is 4.99. The molecule has 1 aromatic carbocycles. The number of rotatable bonds is 3. The number of hydrogen-bond donors (Lipinski definition) is 1. The molecule has 1 amide bonds. The van der Waals surface area contributed by atoms with E-state index in [-0.39, 0.29) is 6.10 Å². The number of aromatic nitrogens is 2. The molecule has 0 unspecified atom stereocenters. The third-order valence-electron chi connectivity index (χ3n) is 4.70. The van der Waals surface area contributed by atoms with Crippen LogP contribution in [0.5, 0.6) is 0 Å². The fraction of sp³-hybridized carbons (Fsp3) is 0.263. The van der Waals surface area contributed by atoms with Gasteiger partial charge >= 0.3 is 6.09 Å². The lowest BCUT2D eigenvalue weighted by Gasteiger charge is -2.31. The van der Waals surface area contributed by atoms with E-state index in [4.69, 9.17) is 32.9 Å². The Kier molecular flexibility index (Phi) is 5.51. The maximum absolute atomic E-state index is 11.3. The van der Waals surface area contributed by atoms with Crippen molar-refractivity contribution in [2.45, 2.75) is 12.5 Å². The summed E-state index contributed by atoms with van der Waals surface area (Å²) in [6.07, 6.45) is 1.14. The topological polar surface area (TPSA) is 67.1 Å². The van der Waals surface area contributed by atoms with Crippen molar-refractivity contribution < 1.29 is 14.6 Å². The van der Waals surface area contributed by atoms with Crippen LogP contribution in [0.4, 0.5) is 4.79 Å². The first-order valence-corrected chi connectivity index (χ1v) is 10.2. The quantitative estimate of drug-likeness (QED) is 0.568. The monoisotopic (exact) mass is 483 g/mol. The van der Waals surface area contributed by atoms with E-state index in [9.17, 15) is 9.90 Å². The van der Waals surface area contributed by atoms with Gasteiger partial charge in [0.15, 0.2) is 0 Å². The number of pyridine rings is 1. The van der Waals surface area contributed by atoms with Gasteiger partial charge in [-0.1, -0.05) is 45.2 Å². The average Bonchev–Trinajstić information content (AvgIpc) is 2.99. The lowest BCUT2D eigenvalue weighted by molar-refractivity contribution is -0.0214. The number of imidazole rings is 1. The molecule has 1 fully saturated rings. The zero-order chi connectivity index (χ0) is 19.8. The number of carboxylic acid groups (broad SMARTS) is 1. The Hall–Kier alpha value is -1.80. The van der Waals surface area contributed by atoms with Crippen molar-refractivity contribution in [2.75, 3.05) is 19.7 Å². The molecule has 0 spiro atoms. The first kappa shape index (κ1) is 19.5. The fourth-order valence-electron chi connectivity index (χ4n) is 3.40. The molecule has 1 aliphatic heterocycles. The molecule has 0 aliphatic carbocycles. The van der Waals surface area contributed by atoms with E-state index in [0.29, 0.717) is 41.8 Å². The second-order valence-corrected chi connectivity index (χ2v) is 8.29. The highest BCUT2D eigenvalue weighted by Gasteiger charge is 2.27. The number of ether oxygens (including phenoxy) is 1. The Labute approximate surface area is 179 Å². The highest BCUT2D eigenvalue weighted by molar-refractivity contribution is 9.10. The zero-order valence-electron chi connectivity index (χ0n) is 14.6. The van der Waals surface area contributed by atoms with Gasteiger partial charge in [0.1, 0.15) is 5.65 Å². The Morgan fingerprint density at radius 3 is 2.89 bits per heavy atom. The number of fused-ring (bicyclic) bond motifs is 1. The summed E-state index contributed by atoms with van der Waals surface area (Å²) in [7, 11) is 0. The molecule has 1 atom stereocenters. The van der Waals surface area contributed by atoms with Gasteiger partial charge in [-0.3, -0.25) is 0 Å². The van der Waals surface area contributed by atoms with Gasteiger partial charge in [0.2, 0.25) is 0 Å². The second kappa shape index (κ2) is 7.91. The first-order chi connectivity index (χ1) is 13.4. The normalized spacial score (nSPS) is 17.2. The molecule has 6 nitrogen and oxygen atoms in total. The van der Waals surface area contributed by atoms with Crippen molar-refractivity contribution >= 4 is 50.9 Å². The van der Waals surface area contributed by atoms with Crippen molar-refractivity contribution in [3.8, 4) is 11.3 Å². The highest BCUT2D eigenvalue weighted by atomic mass is 79.9. The number of nitrogens with zero attached hydrogens (tertiary/aromatic N) is 3. The van der Waals surface area contributed by atoms with Crippen LogP contribution >= 0.6 is 39.1 Å². The van der Waals surface area contributed by atoms with Crippen molar-refractivity contribution in [1.82, 2.24) is 14.3 Å². The average molecular weight is 485 g/mol. The molecule has 28 heavy (non-hydrogen) atoms. The van der Waals surface area contributed by atoms with Crippen LogP contribution in [0.25, 0.3) is 16.9 Å². The standard InChI is InChI=1S/C19H16BrCl2N3O3/c20-11-1-2-14(15(22)7-11)18-16(25-4-3-12(21)8-17(25)23-18)9-13-10-24(19(26)27)5-6-28-13/h1-4,7-8,13H,5-6,9-10H2,(H,26,27)/t13-/m0/s1. The minimum absolute atomic E-state index is 0.270. The van der Waals surface area contributed by atoms with Gasteiger partial charge in [-0.05, 0) is 18.2 Å². The second-order valence-electron chi connectivity index (χ2n) is 6.53. The van der Waals surface area contributed by atoms with Crippen LogP contribution in [-0.2, 0) is 11.2 Å². The van der Waals surface area contributed by atoms with E-state index in [1.54, 1.807) is 12.1 Å². The third kappa shape index (κ3) is 3.85. The summed E-state index contributed by atoms with van der Waals surface area (Å²) < 4.78 is 8.66. The molecule has 4 rings (SSSR count). The van der Waals surface area contributed by atoms with Crippen molar-refractivity contribution in [1.29, 1.82) is 0 Å².